The SMILES string of the molecule is Cc1csc(=O)n1CCCC(=O)Nc1ccc2c(c1)NC(=O)[C@@H](C)O2. The molecular formula is C17H19N3O4S. The molecule has 7 nitrogen and oxygen atoms in total. The smallest absolute Gasteiger partial charge is 0.307 e. The first-order valence-corrected chi connectivity index (χ1v) is 8.88. The number of anilines is 2. The van der Waals surface area contributed by atoms with Crippen LogP contribution in [0.25, 0.3) is 0 Å². The number of nitrogens with one attached hydrogen (secondary N) is 2. The Morgan fingerprint density at radius 3 is 2.92 bits per heavy atom. The van der Waals surface area contributed by atoms with Crippen molar-refractivity contribution in [2.45, 2.75) is 39.3 Å². The number of fused-ring (bicyclic) bond motifs is 1. The number of aryl methyl sites for hydroxylation is 1. The molecule has 0 fully saturated rings. The fourth-order valence-electron chi connectivity index (χ4n) is 2.58. The highest BCUT2D eigenvalue weighted by atomic mass is 32.1. The van der Waals surface area contributed by atoms with E-state index in [2.05, 4.69) is 10.6 Å². The molecule has 132 valence electrons. The summed E-state index contributed by atoms with van der Waals surface area (Å²) in [5, 5.41) is 7.35. The number of amides is 2. The van der Waals surface area contributed by atoms with Gasteiger partial charge in [0.15, 0.2) is 6.10 Å². The second kappa shape index (κ2) is 7.10. The largest absolute Gasteiger partial charge is 0.479 e. The van der Waals surface area contributed by atoms with Crippen LogP contribution in [0.1, 0.15) is 25.5 Å². The Morgan fingerprint density at radius 1 is 1.40 bits per heavy atom. The lowest BCUT2D eigenvalue weighted by atomic mass is 10.2. The average molecular weight is 361 g/mol. The van der Waals surface area contributed by atoms with Crippen molar-refractivity contribution in [1.82, 2.24) is 4.57 Å². The second-order valence-corrected chi connectivity index (χ2v) is 6.73. The van der Waals surface area contributed by atoms with E-state index in [1.54, 1.807) is 29.7 Å². The van der Waals surface area contributed by atoms with E-state index in [1.807, 2.05) is 12.3 Å². The first-order chi connectivity index (χ1) is 11.9. The molecule has 3 rings (SSSR count). The van der Waals surface area contributed by atoms with Gasteiger partial charge in [-0.25, -0.2) is 0 Å². The Kier molecular flexibility index (Phi) is 4.89. The predicted octanol–water partition coefficient (Wildman–Crippen LogP) is 2.36. The van der Waals surface area contributed by atoms with Gasteiger partial charge < -0.3 is 19.9 Å². The molecule has 2 N–H and O–H groups in total. The number of carbonyl (C=O) groups is 2. The Hall–Kier alpha value is -2.61. The van der Waals surface area contributed by atoms with Crippen molar-refractivity contribution < 1.29 is 14.3 Å². The number of hydrogen-bond acceptors (Lipinski definition) is 5. The zero-order valence-electron chi connectivity index (χ0n) is 14.0. The minimum atomic E-state index is -0.531. The number of nitrogens with zero attached hydrogens (tertiary/aromatic N) is 1. The Bertz CT molecular complexity index is 871. The van der Waals surface area contributed by atoms with E-state index >= 15 is 0 Å². The summed E-state index contributed by atoms with van der Waals surface area (Å²) in [6.45, 7) is 4.07. The van der Waals surface area contributed by atoms with Crippen LogP contribution in [-0.4, -0.2) is 22.5 Å². The Balaban J connectivity index is 1.56. The minimum Gasteiger partial charge on any atom is -0.479 e. The molecule has 1 atom stereocenters. The maximum absolute atomic E-state index is 12.1. The summed E-state index contributed by atoms with van der Waals surface area (Å²) in [4.78, 5) is 35.4. The van der Waals surface area contributed by atoms with Gasteiger partial charge in [-0.05, 0) is 38.5 Å². The van der Waals surface area contributed by atoms with Crippen molar-refractivity contribution in [3.8, 4) is 5.75 Å². The van der Waals surface area contributed by atoms with Gasteiger partial charge in [0.05, 0.1) is 5.69 Å². The lowest BCUT2D eigenvalue weighted by molar-refractivity contribution is -0.122. The van der Waals surface area contributed by atoms with Crippen LogP contribution < -0.4 is 20.2 Å². The van der Waals surface area contributed by atoms with Crippen LogP contribution >= 0.6 is 11.3 Å². The van der Waals surface area contributed by atoms with Gasteiger partial charge in [0.2, 0.25) is 5.91 Å². The molecular weight excluding hydrogens is 342 g/mol. The molecule has 0 unspecified atom stereocenters. The van der Waals surface area contributed by atoms with Crippen molar-refractivity contribution >= 4 is 34.5 Å². The van der Waals surface area contributed by atoms with E-state index in [0.717, 1.165) is 5.69 Å². The van der Waals surface area contributed by atoms with Crippen LogP contribution in [0.4, 0.5) is 11.4 Å². The van der Waals surface area contributed by atoms with Crippen LogP contribution in [0.3, 0.4) is 0 Å². The van der Waals surface area contributed by atoms with Crippen molar-refractivity contribution in [3.63, 3.8) is 0 Å². The molecule has 1 aliphatic heterocycles. The molecule has 0 bridgehead atoms. The standard InChI is InChI=1S/C17H19N3O4S/c1-10-9-25-17(23)20(10)7-3-4-15(21)18-12-5-6-14-13(8-12)19-16(22)11(2)24-14/h5-6,8-9,11H,3-4,7H2,1-2H3,(H,18,21)(H,19,22)/t11-/m1/s1. The van der Waals surface area contributed by atoms with Crippen LogP contribution in [-0.2, 0) is 16.1 Å². The van der Waals surface area contributed by atoms with Crippen molar-refractivity contribution in [1.29, 1.82) is 0 Å². The van der Waals surface area contributed by atoms with E-state index in [-0.39, 0.29) is 16.7 Å². The topological polar surface area (TPSA) is 89.4 Å². The molecule has 2 heterocycles. The molecule has 1 aliphatic rings. The number of carbonyl (C=O) groups excluding carboxylic acids is 2. The molecule has 0 spiro atoms. The quantitative estimate of drug-likeness (QED) is 0.855. The molecule has 2 amide bonds. The molecule has 0 radical (unpaired) electrons. The van der Waals surface area contributed by atoms with Gasteiger partial charge >= 0.3 is 4.87 Å². The second-order valence-electron chi connectivity index (χ2n) is 5.91. The summed E-state index contributed by atoms with van der Waals surface area (Å²) in [7, 11) is 0. The van der Waals surface area contributed by atoms with Crippen molar-refractivity contribution in [2.24, 2.45) is 0 Å². The molecule has 8 heteroatoms. The third-order valence-corrected chi connectivity index (χ3v) is 4.84. The van der Waals surface area contributed by atoms with Crippen LogP contribution in [0.2, 0.25) is 0 Å². The van der Waals surface area contributed by atoms with Gasteiger partial charge in [0.1, 0.15) is 5.75 Å². The summed E-state index contributed by atoms with van der Waals surface area (Å²) in [5.74, 6) is 0.224. The predicted molar refractivity (Wildman–Crippen MR) is 96.3 cm³/mol. The molecule has 0 saturated carbocycles. The Morgan fingerprint density at radius 2 is 2.20 bits per heavy atom. The molecule has 25 heavy (non-hydrogen) atoms. The average Bonchev–Trinajstić information content (AvgIpc) is 2.88. The number of benzene rings is 1. The van der Waals surface area contributed by atoms with E-state index in [9.17, 15) is 14.4 Å². The van der Waals surface area contributed by atoms with E-state index in [1.165, 1.54) is 11.3 Å². The first kappa shape index (κ1) is 17.2. The lowest BCUT2D eigenvalue weighted by Gasteiger charge is -2.23. The highest BCUT2D eigenvalue weighted by molar-refractivity contribution is 7.07. The van der Waals surface area contributed by atoms with Gasteiger partial charge in [0.25, 0.3) is 5.91 Å². The monoisotopic (exact) mass is 361 g/mol. The van der Waals surface area contributed by atoms with Crippen molar-refractivity contribution in [2.75, 3.05) is 10.6 Å². The molecule has 1 aromatic heterocycles. The maximum Gasteiger partial charge on any atom is 0.307 e. The zero-order chi connectivity index (χ0) is 18.0. The van der Waals surface area contributed by atoms with Crippen LogP contribution in [0, 0.1) is 6.92 Å². The normalized spacial score (nSPS) is 15.9. The van der Waals surface area contributed by atoms with Gasteiger partial charge in [0, 0.05) is 29.7 Å². The highest BCUT2D eigenvalue weighted by Gasteiger charge is 2.23. The molecule has 0 aliphatic carbocycles. The van der Waals surface area contributed by atoms with Gasteiger partial charge in [-0.2, -0.15) is 0 Å². The lowest BCUT2D eigenvalue weighted by Crippen LogP contribution is -2.34. The first-order valence-electron chi connectivity index (χ1n) is 8.00. The maximum atomic E-state index is 12.1. The van der Waals surface area contributed by atoms with E-state index in [4.69, 9.17) is 4.74 Å². The third kappa shape index (κ3) is 3.90. The molecule has 2 aromatic rings. The van der Waals surface area contributed by atoms with E-state index < -0.39 is 6.10 Å². The minimum absolute atomic E-state index is 0.00225. The summed E-state index contributed by atoms with van der Waals surface area (Å²) >= 11 is 1.17. The van der Waals surface area contributed by atoms with Gasteiger partial charge in [-0.1, -0.05) is 11.3 Å². The summed E-state index contributed by atoms with van der Waals surface area (Å²) in [6.07, 6.45) is 0.349. The number of hydrogen-bond donors (Lipinski definition) is 2. The van der Waals surface area contributed by atoms with Crippen molar-refractivity contribution in [3.05, 3.63) is 38.9 Å². The molecule has 1 aromatic carbocycles. The Labute approximate surface area is 148 Å². The number of aromatic nitrogens is 1. The fraction of sp³-hybridized carbons (Fsp3) is 0.353. The van der Waals surface area contributed by atoms with Crippen LogP contribution in [0.5, 0.6) is 5.75 Å². The van der Waals surface area contributed by atoms with Crippen LogP contribution in [0.15, 0.2) is 28.4 Å². The number of rotatable bonds is 5. The summed E-state index contributed by atoms with van der Waals surface area (Å²) < 4.78 is 7.15. The number of ether oxygens (including phenoxy) is 1. The summed E-state index contributed by atoms with van der Waals surface area (Å²) in [5.41, 5.74) is 2.04. The molecule has 0 saturated heterocycles. The van der Waals surface area contributed by atoms with E-state index in [0.29, 0.717) is 36.5 Å². The highest BCUT2D eigenvalue weighted by Crippen LogP contribution is 2.32. The van der Waals surface area contributed by atoms with Gasteiger partial charge in [-0.15, -0.1) is 0 Å². The third-order valence-electron chi connectivity index (χ3n) is 3.96. The number of thiazole rings is 1. The summed E-state index contributed by atoms with van der Waals surface area (Å²) in [6, 6.07) is 5.12. The zero-order valence-corrected chi connectivity index (χ0v) is 14.8. The van der Waals surface area contributed by atoms with Gasteiger partial charge in [-0.3, -0.25) is 14.4 Å². The fourth-order valence-corrected chi connectivity index (χ4v) is 3.34.